The minimum Gasteiger partial charge on any atom is -0.235 e. The minimum atomic E-state index is -4.27. The Morgan fingerprint density at radius 2 is 1.62 bits per heavy atom. The van der Waals surface area contributed by atoms with Gasteiger partial charge in [0.05, 0.1) is 21.3 Å². The van der Waals surface area contributed by atoms with E-state index in [0.29, 0.717) is 4.88 Å². The topological polar surface area (TPSA) is 25.8 Å². The van der Waals surface area contributed by atoms with Crippen molar-refractivity contribution in [1.82, 2.24) is 9.97 Å². The first-order chi connectivity index (χ1) is 14.8. The Bertz CT molecular complexity index is 1310. The van der Waals surface area contributed by atoms with Gasteiger partial charge in [0.15, 0.2) is 0 Å². The van der Waals surface area contributed by atoms with E-state index in [0.717, 1.165) is 32.4 Å². The first-order valence-corrected chi connectivity index (χ1v) is 11.4. The summed E-state index contributed by atoms with van der Waals surface area (Å²) >= 11 is 1.38. The largest absolute Gasteiger partial charge is 0.394 e. The Labute approximate surface area is 190 Å². The van der Waals surface area contributed by atoms with E-state index in [1.165, 1.54) is 42.5 Å². The van der Waals surface area contributed by atoms with Crippen molar-refractivity contribution in [2.45, 2.75) is 59.6 Å². The third-order valence-corrected chi connectivity index (χ3v) is 7.40. The molecule has 0 bridgehead atoms. The van der Waals surface area contributed by atoms with E-state index in [2.05, 4.69) is 55.0 Å². The molecule has 0 aliphatic rings. The van der Waals surface area contributed by atoms with Crippen LogP contribution in [0.15, 0.2) is 42.7 Å². The molecule has 2 nitrogen and oxygen atoms in total. The summed E-state index contributed by atoms with van der Waals surface area (Å²) in [5.74, 6) is 0. The molecule has 0 aliphatic carbocycles. The quantitative estimate of drug-likeness (QED) is 0.310. The maximum Gasteiger partial charge on any atom is 0.394 e. The summed E-state index contributed by atoms with van der Waals surface area (Å²) in [6.45, 7) is 10.9. The zero-order valence-corrected chi connectivity index (χ0v) is 20.0. The van der Waals surface area contributed by atoms with Gasteiger partial charge in [-0.2, -0.15) is 13.2 Å². The summed E-state index contributed by atoms with van der Waals surface area (Å²) in [6.07, 6.45) is -2.83. The van der Waals surface area contributed by atoms with Gasteiger partial charge < -0.3 is 0 Å². The molecular formula is C26H27F3N2S. The predicted molar refractivity (Wildman–Crippen MR) is 127 cm³/mol. The number of benzene rings is 2. The second-order valence-electron chi connectivity index (χ2n) is 10.1. The van der Waals surface area contributed by atoms with Crippen LogP contribution in [0.25, 0.3) is 32.2 Å². The molecule has 0 amide bonds. The SMILES string of the molecule is Cc1c(CC(C)(C)C(F)(F)F)sc2c(-c3cc(C(C)(C)C)c4ccccc4c3)ncnc12. The molecule has 0 saturated heterocycles. The Hall–Kier alpha value is -2.47. The van der Waals surface area contributed by atoms with E-state index < -0.39 is 11.6 Å². The van der Waals surface area contributed by atoms with Gasteiger partial charge >= 0.3 is 6.18 Å². The van der Waals surface area contributed by atoms with Crippen LogP contribution >= 0.6 is 11.3 Å². The number of fused-ring (bicyclic) bond motifs is 2. The van der Waals surface area contributed by atoms with Crippen molar-refractivity contribution in [2.75, 3.05) is 0 Å². The Morgan fingerprint density at radius 1 is 0.938 bits per heavy atom. The Balaban J connectivity index is 1.92. The number of nitrogens with zero attached hydrogens (tertiary/aromatic N) is 2. The molecule has 2 aromatic carbocycles. The molecule has 0 saturated carbocycles. The normalized spacial score (nSPS) is 13.3. The van der Waals surface area contributed by atoms with Gasteiger partial charge in [0.2, 0.25) is 0 Å². The molecule has 4 rings (SSSR count). The highest BCUT2D eigenvalue weighted by atomic mass is 32.1. The standard InChI is InChI=1S/C26H27F3N2S/c1-15-20(13-25(5,6)26(27,28)29)32-23-21(15)30-14-31-22(23)17-11-16-9-7-8-10-18(16)19(12-17)24(2,3)4/h7-12,14H,13H2,1-6H3. The molecule has 6 heteroatoms. The van der Waals surface area contributed by atoms with Gasteiger partial charge in [0, 0.05) is 10.4 Å². The predicted octanol–water partition coefficient (Wildman–Crippen LogP) is 8.25. The van der Waals surface area contributed by atoms with Gasteiger partial charge in [0.1, 0.15) is 6.33 Å². The van der Waals surface area contributed by atoms with Crippen LogP contribution in [0.1, 0.15) is 50.6 Å². The lowest BCUT2D eigenvalue weighted by Crippen LogP contribution is -2.34. The molecule has 0 aliphatic heterocycles. The smallest absolute Gasteiger partial charge is 0.235 e. The molecule has 4 aromatic rings. The van der Waals surface area contributed by atoms with E-state index in [-0.39, 0.29) is 11.8 Å². The molecule has 0 unspecified atom stereocenters. The summed E-state index contributed by atoms with van der Waals surface area (Å²) in [5, 5.41) is 2.32. The van der Waals surface area contributed by atoms with Crippen LogP contribution in [0, 0.1) is 12.3 Å². The summed E-state index contributed by atoms with van der Waals surface area (Å²) in [4.78, 5) is 9.72. The number of aryl methyl sites for hydroxylation is 1. The van der Waals surface area contributed by atoms with Gasteiger partial charge in [-0.25, -0.2) is 9.97 Å². The zero-order valence-electron chi connectivity index (χ0n) is 19.2. The molecular weight excluding hydrogens is 429 g/mol. The highest BCUT2D eigenvalue weighted by Gasteiger charge is 2.47. The maximum atomic E-state index is 13.5. The highest BCUT2D eigenvalue weighted by molar-refractivity contribution is 7.19. The minimum absolute atomic E-state index is 0.0744. The second-order valence-corrected chi connectivity index (χ2v) is 11.2. The molecule has 168 valence electrons. The van der Waals surface area contributed by atoms with Gasteiger partial charge in [-0.15, -0.1) is 11.3 Å². The number of thiophene rings is 1. The van der Waals surface area contributed by atoms with Gasteiger partial charge in [0.25, 0.3) is 0 Å². The fraction of sp³-hybridized carbons (Fsp3) is 0.385. The van der Waals surface area contributed by atoms with Gasteiger partial charge in [-0.1, -0.05) is 58.9 Å². The van der Waals surface area contributed by atoms with Crippen LogP contribution in [0.5, 0.6) is 0 Å². The van der Waals surface area contributed by atoms with Crippen LogP contribution in [-0.4, -0.2) is 16.1 Å². The van der Waals surface area contributed by atoms with E-state index in [1.807, 2.05) is 19.1 Å². The fourth-order valence-electron chi connectivity index (χ4n) is 4.01. The second kappa shape index (κ2) is 7.55. The molecule has 0 spiro atoms. The lowest BCUT2D eigenvalue weighted by Gasteiger charge is -2.27. The summed E-state index contributed by atoms with van der Waals surface area (Å²) in [5.41, 5.74) is 2.61. The molecule has 0 radical (unpaired) electrons. The molecule has 32 heavy (non-hydrogen) atoms. The van der Waals surface area contributed by atoms with Crippen LogP contribution in [0.4, 0.5) is 13.2 Å². The number of hydrogen-bond donors (Lipinski definition) is 0. The van der Waals surface area contributed by atoms with Crippen molar-refractivity contribution in [3.8, 4) is 11.3 Å². The van der Waals surface area contributed by atoms with E-state index >= 15 is 0 Å². The number of rotatable bonds is 3. The third-order valence-electron chi connectivity index (χ3n) is 6.12. The molecule has 0 fully saturated rings. The third kappa shape index (κ3) is 3.90. The monoisotopic (exact) mass is 456 g/mol. The van der Waals surface area contributed by atoms with Crippen LogP contribution in [0.2, 0.25) is 0 Å². The van der Waals surface area contributed by atoms with Gasteiger partial charge in [-0.05, 0) is 52.8 Å². The first kappa shape index (κ1) is 22.7. The Kier molecular flexibility index (Phi) is 5.36. The van der Waals surface area contributed by atoms with E-state index in [1.54, 1.807) is 0 Å². The molecule has 2 aromatic heterocycles. The number of alkyl halides is 3. The van der Waals surface area contributed by atoms with E-state index in [4.69, 9.17) is 0 Å². The number of aromatic nitrogens is 2. The lowest BCUT2D eigenvalue weighted by atomic mass is 9.82. The van der Waals surface area contributed by atoms with Gasteiger partial charge in [-0.3, -0.25) is 0 Å². The van der Waals surface area contributed by atoms with Crippen molar-refractivity contribution in [1.29, 1.82) is 0 Å². The maximum absolute atomic E-state index is 13.5. The van der Waals surface area contributed by atoms with Crippen molar-refractivity contribution < 1.29 is 13.2 Å². The lowest BCUT2D eigenvalue weighted by molar-refractivity contribution is -0.210. The van der Waals surface area contributed by atoms with Crippen LogP contribution < -0.4 is 0 Å². The zero-order chi connectivity index (χ0) is 23.5. The Morgan fingerprint density at radius 3 is 2.28 bits per heavy atom. The first-order valence-electron chi connectivity index (χ1n) is 10.6. The highest BCUT2D eigenvalue weighted by Crippen LogP contribution is 2.45. The summed E-state index contributed by atoms with van der Waals surface area (Å²) < 4.78 is 41.4. The number of halogens is 3. The molecule has 0 N–H and O–H groups in total. The van der Waals surface area contributed by atoms with Crippen molar-refractivity contribution in [3.05, 3.63) is 58.7 Å². The average Bonchev–Trinajstić information content (AvgIpc) is 3.00. The fourth-order valence-corrected chi connectivity index (χ4v) is 5.51. The number of hydrogen-bond acceptors (Lipinski definition) is 3. The summed E-state index contributed by atoms with van der Waals surface area (Å²) in [7, 11) is 0. The van der Waals surface area contributed by atoms with Crippen molar-refractivity contribution in [2.24, 2.45) is 5.41 Å². The molecule has 0 atom stereocenters. The van der Waals surface area contributed by atoms with E-state index in [9.17, 15) is 13.2 Å². The van der Waals surface area contributed by atoms with Crippen LogP contribution in [0.3, 0.4) is 0 Å². The molecule has 2 heterocycles. The average molecular weight is 457 g/mol. The van der Waals surface area contributed by atoms with Crippen molar-refractivity contribution in [3.63, 3.8) is 0 Å². The van der Waals surface area contributed by atoms with Crippen LogP contribution in [-0.2, 0) is 11.8 Å². The van der Waals surface area contributed by atoms with Crippen molar-refractivity contribution >= 4 is 32.3 Å². The summed E-state index contributed by atoms with van der Waals surface area (Å²) in [6, 6.07) is 12.5.